The molecule has 84 valence electrons. The lowest BCUT2D eigenvalue weighted by atomic mass is 10.3. The Kier molecular flexibility index (Phi) is 3.12. The maximum absolute atomic E-state index is 9.52. The number of halogens is 1. The van der Waals surface area contributed by atoms with Crippen LogP contribution in [0.1, 0.15) is 5.69 Å². The molecule has 0 unspecified atom stereocenters. The van der Waals surface area contributed by atoms with Crippen LogP contribution in [-0.2, 0) is 11.3 Å². The van der Waals surface area contributed by atoms with E-state index in [1.165, 1.54) is 6.07 Å². The van der Waals surface area contributed by atoms with Crippen LogP contribution in [0.25, 0.3) is 5.69 Å². The number of rotatable bonds is 3. The molecule has 0 aliphatic rings. The van der Waals surface area contributed by atoms with Crippen LogP contribution in [0, 0.1) is 0 Å². The molecule has 5 heteroatoms. The first-order valence-electron chi connectivity index (χ1n) is 4.73. The second-order valence-electron chi connectivity index (χ2n) is 3.28. The van der Waals surface area contributed by atoms with E-state index in [2.05, 4.69) is 5.10 Å². The molecule has 0 atom stereocenters. The molecule has 0 aliphatic carbocycles. The lowest BCUT2D eigenvalue weighted by molar-refractivity contribution is 0.179. The number of methoxy groups -OCH3 is 1. The highest BCUT2D eigenvalue weighted by atomic mass is 35.5. The van der Waals surface area contributed by atoms with Crippen molar-refractivity contribution in [3.8, 4) is 11.4 Å². The van der Waals surface area contributed by atoms with Crippen LogP contribution >= 0.6 is 11.6 Å². The van der Waals surface area contributed by atoms with Crippen molar-refractivity contribution >= 4 is 11.6 Å². The van der Waals surface area contributed by atoms with Gasteiger partial charge in [0.2, 0.25) is 0 Å². The molecule has 0 radical (unpaired) electrons. The first-order chi connectivity index (χ1) is 7.74. The molecule has 0 saturated carbocycles. The zero-order valence-electron chi connectivity index (χ0n) is 8.72. The van der Waals surface area contributed by atoms with Crippen molar-refractivity contribution in [2.45, 2.75) is 6.61 Å². The Morgan fingerprint density at radius 1 is 1.44 bits per heavy atom. The molecular formula is C11H11ClN2O2. The molecule has 0 aliphatic heterocycles. The van der Waals surface area contributed by atoms with E-state index >= 15 is 0 Å². The lowest BCUT2D eigenvalue weighted by Gasteiger charge is -2.09. The highest BCUT2D eigenvalue weighted by molar-refractivity contribution is 6.33. The van der Waals surface area contributed by atoms with E-state index in [-0.39, 0.29) is 10.8 Å². The monoisotopic (exact) mass is 238 g/mol. The fourth-order valence-corrected chi connectivity index (χ4v) is 1.68. The minimum Gasteiger partial charge on any atom is -0.506 e. The highest BCUT2D eigenvalue weighted by Gasteiger charge is 2.10. The van der Waals surface area contributed by atoms with Crippen molar-refractivity contribution in [2.75, 3.05) is 7.11 Å². The third-order valence-corrected chi connectivity index (χ3v) is 2.59. The topological polar surface area (TPSA) is 47.3 Å². The molecule has 1 heterocycles. The van der Waals surface area contributed by atoms with Crippen molar-refractivity contribution in [3.05, 3.63) is 41.2 Å². The summed E-state index contributed by atoms with van der Waals surface area (Å²) in [5, 5.41) is 13.9. The van der Waals surface area contributed by atoms with Gasteiger partial charge in [0.05, 0.1) is 18.0 Å². The van der Waals surface area contributed by atoms with E-state index in [0.29, 0.717) is 12.3 Å². The lowest BCUT2D eigenvalue weighted by Crippen LogP contribution is -2.03. The van der Waals surface area contributed by atoms with E-state index in [4.69, 9.17) is 16.3 Å². The predicted octanol–water partition coefficient (Wildman–Crippen LogP) is 2.38. The maximum Gasteiger partial charge on any atom is 0.136 e. The number of aromatic nitrogens is 2. The summed E-state index contributed by atoms with van der Waals surface area (Å²) in [6.45, 7) is 0.436. The van der Waals surface area contributed by atoms with E-state index < -0.39 is 0 Å². The van der Waals surface area contributed by atoms with Crippen molar-refractivity contribution in [1.82, 2.24) is 9.78 Å². The Balaban J connectivity index is 2.50. The fourth-order valence-electron chi connectivity index (χ4n) is 1.48. The van der Waals surface area contributed by atoms with Gasteiger partial charge in [-0.25, -0.2) is 4.68 Å². The SMILES string of the molecule is COCc1ccnn1-c1cccc(O)c1Cl. The molecule has 0 bridgehead atoms. The van der Waals surface area contributed by atoms with Gasteiger partial charge in [-0.2, -0.15) is 5.10 Å². The molecule has 1 aromatic heterocycles. The molecule has 0 amide bonds. The Bertz CT molecular complexity index is 496. The standard InChI is InChI=1S/C11H11ClN2O2/c1-16-7-8-5-6-13-14(8)9-3-2-4-10(15)11(9)12/h2-6,15H,7H2,1H3. The van der Waals surface area contributed by atoms with E-state index in [1.807, 2.05) is 6.07 Å². The molecule has 16 heavy (non-hydrogen) atoms. The molecule has 0 fully saturated rings. The van der Waals surface area contributed by atoms with Crippen LogP contribution < -0.4 is 0 Å². The van der Waals surface area contributed by atoms with Crippen molar-refractivity contribution in [1.29, 1.82) is 0 Å². The van der Waals surface area contributed by atoms with Gasteiger partial charge in [-0.15, -0.1) is 0 Å². The van der Waals surface area contributed by atoms with Crippen LogP contribution in [0.15, 0.2) is 30.5 Å². The van der Waals surface area contributed by atoms with Crippen molar-refractivity contribution in [2.24, 2.45) is 0 Å². The molecule has 1 N–H and O–H groups in total. The number of hydrogen-bond acceptors (Lipinski definition) is 3. The average molecular weight is 239 g/mol. The van der Waals surface area contributed by atoms with Gasteiger partial charge in [-0.05, 0) is 18.2 Å². The number of aromatic hydroxyl groups is 1. The summed E-state index contributed by atoms with van der Waals surface area (Å²) in [6.07, 6.45) is 1.66. The van der Waals surface area contributed by atoms with Gasteiger partial charge in [0.1, 0.15) is 10.8 Å². The number of phenolic OH excluding ortho intramolecular Hbond substituents is 1. The summed E-state index contributed by atoms with van der Waals surface area (Å²) in [7, 11) is 1.61. The summed E-state index contributed by atoms with van der Waals surface area (Å²) >= 11 is 6.01. The van der Waals surface area contributed by atoms with E-state index in [0.717, 1.165) is 5.69 Å². The van der Waals surface area contributed by atoms with Crippen molar-refractivity contribution in [3.63, 3.8) is 0 Å². The minimum absolute atomic E-state index is 0.0398. The number of nitrogens with zero attached hydrogens (tertiary/aromatic N) is 2. The molecule has 2 rings (SSSR count). The summed E-state index contributed by atoms with van der Waals surface area (Å²) in [5.41, 5.74) is 1.51. The second kappa shape index (κ2) is 4.55. The third kappa shape index (κ3) is 1.89. The van der Waals surface area contributed by atoms with E-state index in [9.17, 15) is 5.11 Å². The zero-order chi connectivity index (χ0) is 11.5. The minimum atomic E-state index is 0.0398. The molecule has 0 spiro atoms. The summed E-state index contributed by atoms with van der Waals surface area (Å²) in [4.78, 5) is 0. The average Bonchev–Trinajstić information content (AvgIpc) is 2.71. The quantitative estimate of drug-likeness (QED) is 0.893. The maximum atomic E-state index is 9.52. The molecule has 1 aromatic carbocycles. The number of hydrogen-bond donors (Lipinski definition) is 1. The molecule has 4 nitrogen and oxygen atoms in total. The van der Waals surface area contributed by atoms with Crippen LogP contribution in [0.5, 0.6) is 5.75 Å². The van der Waals surface area contributed by atoms with Gasteiger partial charge in [-0.1, -0.05) is 17.7 Å². The van der Waals surface area contributed by atoms with Crippen LogP contribution in [-0.4, -0.2) is 22.0 Å². The first-order valence-corrected chi connectivity index (χ1v) is 5.11. The van der Waals surface area contributed by atoms with Gasteiger partial charge in [0.25, 0.3) is 0 Å². The second-order valence-corrected chi connectivity index (χ2v) is 3.66. The van der Waals surface area contributed by atoms with Crippen LogP contribution in [0.3, 0.4) is 0 Å². The molecule has 2 aromatic rings. The molecule has 0 saturated heterocycles. The number of ether oxygens (including phenoxy) is 1. The smallest absolute Gasteiger partial charge is 0.136 e. The number of benzene rings is 1. The van der Waals surface area contributed by atoms with Gasteiger partial charge in [-0.3, -0.25) is 0 Å². The van der Waals surface area contributed by atoms with E-state index in [1.54, 1.807) is 30.1 Å². The fraction of sp³-hybridized carbons (Fsp3) is 0.182. The highest BCUT2D eigenvalue weighted by Crippen LogP contribution is 2.29. The van der Waals surface area contributed by atoms with Gasteiger partial charge < -0.3 is 9.84 Å². The first kappa shape index (κ1) is 11.0. The number of phenols is 1. The molecular weight excluding hydrogens is 228 g/mol. The van der Waals surface area contributed by atoms with Gasteiger partial charge >= 0.3 is 0 Å². The van der Waals surface area contributed by atoms with Gasteiger partial charge in [0.15, 0.2) is 0 Å². The Labute approximate surface area is 98.0 Å². The van der Waals surface area contributed by atoms with Crippen molar-refractivity contribution < 1.29 is 9.84 Å². The largest absolute Gasteiger partial charge is 0.506 e. The summed E-state index contributed by atoms with van der Waals surface area (Å²) in [5.74, 6) is 0.0398. The Morgan fingerprint density at radius 3 is 3.00 bits per heavy atom. The Hall–Kier alpha value is -1.52. The zero-order valence-corrected chi connectivity index (χ0v) is 9.48. The Morgan fingerprint density at radius 2 is 2.25 bits per heavy atom. The third-order valence-electron chi connectivity index (χ3n) is 2.20. The summed E-state index contributed by atoms with van der Waals surface area (Å²) < 4.78 is 6.70. The van der Waals surface area contributed by atoms with Gasteiger partial charge in [0, 0.05) is 13.3 Å². The van der Waals surface area contributed by atoms with Crippen LogP contribution in [0.2, 0.25) is 5.02 Å². The normalized spacial score (nSPS) is 10.6. The summed E-state index contributed by atoms with van der Waals surface area (Å²) in [6, 6.07) is 6.87. The van der Waals surface area contributed by atoms with Crippen LogP contribution in [0.4, 0.5) is 0 Å². The predicted molar refractivity (Wildman–Crippen MR) is 61.0 cm³/mol.